The maximum absolute atomic E-state index is 11.6. The molecule has 0 radical (unpaired) electrons. The first-order chi connectivity index (χ1) is 14.2. The van der Waals surface area contributed by atoms with Crippen LogP contribution < -0.4 is 15.2 Å². The van der Waals surface area contributed by atoms with Gasteiger partial charge in [0, 0.05) is 17.8 Å². The lowest BCUT2D eigenvalue weighted by Gasteiger charge is -2.13. The van der Waals surface area contributed by atoms with Gasteiger partial charge in [-0.1, -0.05) is 12.1 Å². The van der Waals surface area contributed by atoms with E-state index in [4.69, 9.17) is 15.2 Å². The molecule has 0 saturated heterocycles. The average molecular weight is 385 g/mol. The zero-order chi connectivity index (χ0) is 20.2. The quantitative estimate of drug-likeness (QED) is 0.542. The number of primary amides is 1. The van der Waals surface area contributed by atoms with Gasteiger partial charge in [0.05, 0.1) is 23.9 Å². The Labute approximate surface area is 167 Å². The third-order valence-electron chi connectivity index (χ3n) is 4.61. The minimum Gasteiger partial charge on any atom is -0.497 e. The molecule has 0 fully saturated rings. The summed E-state index contributed by atoms with van der Waals surface area (Å²) in [5, 5.41) is 0.871. The van der Waals surface area contributed by atoms with Gasteiger partial charge in [-0.3, -0.25) is 14.8 Å². The molecule has 0 unspecified atom stereocenters. The van der Waals surface area contributed by atoms with Crippen molar-refractivity contribution in [1.82, 2.24) is 9.97 Å². The van der Waals surface area contributed by atoms with Crippen LogP contribution in [0.15, 0.2) is 73.1 Å². The van der Waals surface area contributed by atoms with E-state index in [1.807, 2.05) is 48.5 Å². The number of nitrogens with zero attached hydrogens (tertiary/aromatic N) is 2. The summed E-state index contributed by atoms with van der Waals surface area (Å²) in [6, 6.07) is 18.9. The SMILES string of the molecule is COc1cccc(-c2cc(OCc3ncccc3C(N)=O)c3cccnc3c2)c1. The molecule has 29 heavy (non-hydrogen) atoms. The molecule has 0 spiro atoms. The molecule has 0 bridgehead atoms. The first kappa shape index (κ1) is 18.4. The standard InChI is InChI=1S/C23H19N3O3/c1-28-17-6-2-5-15(11-17)16-12-20-18(7-3-9-25-20)22(13-16)29-14-21-19(23(24)27)8-4-10-26-21/h2-13H,14H2,1H3,(H2,24,27). The Morgan fingerprint density at radius 2 is 1.79 bits per heavy atom. The molecule has 0 aliphatic carbocycles. The van der Waals surface area contributed by atoms with E-state index in [2.05, 4.69) is 9.97 Å². The number of nitrogens with two attached hydrogens (primary N) is 1. The second-order valence-electron chi connectivity index (χ2n) is 6.43. The summed E-state index contributed by atoms with van der Waals surface area (Å²) in [6.45, 7) is 0.116. The summed E-state index contributed by atoms with van der Waals surface area (Å²) in [7, 11) is 1.64. The fourth-order valence-electron chi connectivity index (χ4n) is 3.16. The molecule has 2 aromatic carbocycles. The lowest BCUT2D eigenvalue weighted by Crippen LogP contribution is -2.15. The van der Waals surface area contributed by atoms with Gasteiger partial charge in [-0.05, 0) is 59.7 Å². The Morgan fingerprint density at radius 1 is 0.966 bits per heavy atom. The molecule has 6 nitrogen and oxygen atoms in total. The first-order valence-corrected chi connectivity index (χ1v) is 9.05. The molecular formula is C23H19N3O3. The fourth-order valence-corrected chi connectivity index (χ4v) is 3.16. The summed E-state index contributed by atoms with van der Waals surface area (Å²) in [4.78, 5) is 20.4. The molecule has 4 rings (SSSR count). The van der Waals surface area contributed by atoms with Gasteiger partial charge in [0.25, 0.3) is 5.91 Å². The zero-order valence-corrected chi connectivity index (χ0v) is 15.8. The van der Waals surface area contributed by atoms with Crippen LogP contribution >= 0.6 is 0 Å². The van der Waals surface area contributed by atoms with E-state index >= 15 is 0 Å². The van der Waals surface area contributed by atoms with Gasteiger partial charge in [0.2, 0.25) is 0 Å². The number of amides is 1. The van der Waals surface area contributed by atoms with Crippen LogP contribution in [0.1, 0.15) is 16.1 Å². The van der Waals surface area contributed by atoms with Gasteiger partial charge in [0.1, 0.15) is 18.1 Å². The van der Waals surface area contributed by atoms with Gasteiger partial charge in [-0.25, -0.2) is 0 Å². The molecule has 2 aromatic heterocycles. The van der Waals surface area contributed by atoms with Crippen molar-refractivity contribution in [2.24, 2.45) is 5.73 Å². The predicted octanol–water partition coefficient (Wildman–Crippen LogP) is 3.98. The number of methoxy groups -OCH3 is 1. The number of rotatable bonds is 6. The third kappa shape index (κ3) is 3.87. The van der Waals surface area contributed by atoms with Crippen LogP contribution in [0.5, 0.6) is 11.5 Å². The second kappa shape index (κ2) is 7.98. The molecule has 0 saturated carbocycles. The Hall–Kier alpha value is -3.93. The predicted molar refractivity (Wildman–Crippen MR) is 111 cm³/mol. The van der Waals surface area contributed by atoms with Crippen LogP contribution in [-0.4, -0.2) is 23.0 Å². The van der Waals surface area contributed by atoms with Crippen molar-refractivity contribution in [3.05, 3.63) is 84.3 Å². The van der Waals surface area contributed by atoms with Crippen molar-refractivity contribution in [2.45, 2.75) is 6.61 Å². The molecule has 144 valence electrons. The van der Waals surface area contributed by atoms with Crippen LogP contribution in [0.4, 0.5) is 0 Å². The number of ether oxygens (including phenoxy) is 2. The van der Waals surface area contributed by atoms with Crippen LogP contribution in [0.25, 0.3) is 22.0 Å². The highest BCUT2D eigenvalue weighted by Crippen LogP contribution is 2.33. The Balaban J connectivity index is 1.74. The molecule has 2 heterocycles. The van der Waals surface area contributed by atoms with Gasteiger partial charge in [-0.2, -0.15) is 0 Å². The molecule has 0 aliphatic heterocycles. The number of hydrogen-bond donors (Lipinski definition) is 1. The third-order valence-corrected chi connectivity index (χ3v) is 4.61. The van der Waals surface area contributed by atoms with Gasteiger partial charge in [-0.15, -0.1) is 0 Å². The number of fused-ring (bicyclic) bond motifs is 1. The van der Waals surface area contributed by atoms with E-state index in [1.54, 1.807) is 31.6 Å². The van der Waals surface area contributed by atoms with E-state index in [-0.39, 0.29) is 6.61 Å². The summed E-state index contributed by atoms with van der Waals surface area (Å²) < 4.78 is 11.4. The zero-order valence-electron chi connectivity index (χ0n) is 15.8. The van der Waals surface area contributed by atoms with Crippen molar-refractivity contribution < 1.29 is 14.3 Å². The summed E-state index contributed by atoms with van der Waals surface area (Å²) in [6.07, 6.45) is 3.35. The molecule has 0 aliphatic rings. The smallest absolute Gasteiger partial charge is 0.250 e. The molecule has 0 atom stereocenters. The molecular weight excluding hydrogens is 366 g/mol. The topological polar surface area (TPSA) is 87.3 Å². The Morgan fingerprint density at radius 3 is 2.62 bits per heavy atom. The number of carbonyl (C=O) groups is 1. The maximum atomic E-state index is 11.6. The van der Waals surface area contributed by atoms with E-state index in [1.165, 1.54) is 0 Å². The highest BCUT2D eigenvalue weighted by atomic mass is 16.5. The van der Waals surface area contributed by atoms with Crippen LogP contribution in [0, 0.1) is 0 Å². The van der Waals surface area contributed by atoms with Crippen molar-refractivity contribution in [3.8, 4) is 22.6 Å². The number of hydrogen-bond acceptors (Lipinski definition) is 5. The highest BCUT2D eigenvalue weighted by Gasteiger charge is 2.12. The number of carbonyl (C=O) groups excluding carboxylic acids is 1. The number of pyridine rings is 2. The van der Waals surface area contributed by atoms with Crippen molar-refractivity contribution in [1.29, 1.82) is 0 Å². The van der Waals surface area contributed by atoms with Crippen LogP contribution in [0.2, 0.25) is 0 Å². The van der Waals surface area contributed by atoms with Crippen molar-refractivity contribution in [2.75, 3.05) is 7.11 Å². The maximum Gasteiger partial charge on any atom is 0.250 e. The number of aromatic nitrogens is 2. The molecule has 2 N–H and O–H groups in total. The van der Waals surface area contributed by atoms with Gasteiger partial charge in [0.15, 0.2) is 0 Å². The van der Waals surface area contributed by atoms with E-state index in [0.717, 1.165) is 27.8 Å². The Kier molecular flexibility index (Phi) is 5.07. The van der Waals surface area contributed by atoms with Gasteiger partial charge < -0.3 is 15.2 Å². The molecule has 4 aromatic rings. The molecule has 1 amide bonds. The molecule has 6 heteroatoms. The van der Waals surface area contributed by atoms with E-state index < -0.39 is 5.91 Å². The van der Waals surface area contributed by atoms with E-state index in [0.29, 0.717) is 17.0 Å². The normalized spacial score (nSPS) is 10.7. The minimum atomic E-state index is -0.534. The second-order valence-corrected chi connectivity index (χ2v) is 6.43. The van der Waals surface area contributed by atoms with E-state index in [9.17, 15) is 4.79 Å². The lowest BCUT2D eigenvalue weighted by atomic mass is 10.0. The van der Waals surface area contributed by atoms with Crippen molar-refractivity contribution >= 4 is 16.8 Å². The summed E-state index contributed by atoms with van der Waals surface area (Å²) in [5.41, 5.74) is 9.01. The number of benzene rings is 2. The summed E-state index contributed by atoms with van der Waals surface area (Å²) >= 11 is 0. The van der Waals surface area contributed by atoms with Crippen LogP contribution in [0.3, 0.4) is 0 Å². The average Bonchev–Trinajstić information content (AvgIpc) is 2.77. The monoisotopic (exact) mass is 385 g/mol. The summed E-state index contributed by atoms with van der Waals surface area (Å²) in [5.74, 6) is 0.883. The largest absolute Gasteiger partial charge is 0.497 e. The van der Waals surface area contributed by atoms with Crippen molar-refractivity contribution in [3.63, 3.8) is 0 Å². The van der Waals surface area contributed by atoms with Gasteiger partial charge >= 0.3 is 0 Å². The highest BCUT2D eigenvalue weighted by molar-refractivity contribution is 5.94. The Bertz CT molecular complexity index is 1190. The minimum absolute atomic E-state index is 0.116. The van der Waals surface area contributed by atoms with Crippen LogP contribution in [-0.2, 0) is 6.61 Å². The first-order valence-electron chi connectivity index (χ1n) is 9.05. The lowest BCUT2D eigenvalue weighted by molar-refractivity contribution is 0.0997. The fraction of sp³-hybridized carbons (Fsp3) is 0.0870.